The van der Waals surface area contributed by atoms with Crippen molar-refractivity contribution in [2.45, 2.75) is 13.0 Å². The number of hydrogen-bond donors (Lipinski definition) is 1. The van der Waals surface area contributed by atoms with Crippen LogP contribution in [-0.4, -0.2) is 6.54 Å². The summed E-state index contributed by atoms with van der Waals surface area (Å²) in [6.45, 7) is 2.98. The molecule has 2 heterocycles. The van der Waals surface area contributed by atoms with Crippen LogP contribution in [0.1, 0.15) is 22.7 Å². The van der Waals surface area contributed by atoms with E-state index in [1.807, 2.05) is 17.5 Å². The molecule has 1 atom stereocenters. The minimum absolute atomic E-state index is 0.162. The molecular formula is C11H11Cl2NS2. The van der Waals surface area contributed by atoms with Gasteiger partial charge in [0, 0.05) is 9.75 Å². The first-order valence-electron chi connectivity index (χ1n) is 4.94. The van der Waals surface area contributed by atoms with Gasteiger partial charge in [0.25, 0.3) is 0 Å². The van der Waals surface area contributed by atoms with Gasteiger partial charge in [-0.05, 0) is 30.1 Å². The van der Waals surface area contributed by atoms with Gasteiger partial charge < -0.3 is 5.32 Å². The van der Waals surface area contributed by atoms with Crippen molar-refractivity contribution in [3.05, 3.63) is 42.7 Å². The molecule has 0 radical (unpaired) electrons. The third kappa shape index (κ3) is 2.60. The Bertz CT molecular complexity index is 464. The SMILES string of the molecule is CCNC(c1ccc(Cl)s1)c1sccc1Cl. The van der Waals surface area contributed by atoms with Crippen molar-refractivity contribution >= 4 is 45.9 Å². The van der Waals surface area contributed by atoms with Gasteiger partial charge in [0.05, 0.1) is 15.4 Å². The lowest BCUT2D eigenvalue weighted by molar-refractivity contribution is 0.649. The molecule has 0 aromatic carbocycles. The Kier molecular flexibility index (Phi) is 4.27. The molecule has 0 bridgehead atoms. The molecule has 1 unspecified atom stereocenters. The highest BCUT2D eigenvalue weighted by molar-refractivity contribution is 7.16. The highest BCUT2D eigenvalue weighted by atomic mass is 35.5. The average molecular weight is 292 g/mol. The third-order valence-electron chi connectivity index (χ3n) is 2.19. The Labute approximate surface area is 113 Å². The van der Waals surface area contributed by atoms with Gasteiger partial charge >= 0.3 is 0 Å². The van der Waals surface area contributed by atoms with Crippen LogP contribution in [0.3, 0.4) is 0 Å². The van der Waals surface area contributed by atoms with E-state index in [-0.39, 0.29) is 6.04 Å². The summed E-state index contributed by atoms with van der Waals surface area (Å²) in [5.41, 5.74) is 0. The number of thiophene rings is 2. The molecule has 16 heavy (non-hydrogen) atoms. The van der Waals surface area contributed by atoms with E-state index >= 15 is 0 Å². The second-order valence-corrected chi connectivity index (χ2v) is 6.37. The molecule has 2 aromatic heterocycles. The first kappa shape index (κ1) is 12.4. The van der Waals surface area contributed by atoms with Crippen molar-refractivity contribution in [1.29, 1.82) is 0 Å². The summed E-state index contributed by atoms with van der Waals surface area (Å²) < 4.78 is 0.811. The number of rotatable bonds is 4. The van der Waals surface area contributed by atoms with E-state index in [0.717, 1.165) is 20.8 Å². The van der Waals surface area contributed by atoms with E-state index in [4.69, 9.17) is 23.2 Å². The molecule has 86 valence electrons. The molecule has 0 amide bonds. The van der Waals surface area contributed by atoms with Gasteiger partial charge in [-0.15, -0.1) is 22.7 Å². The Balaban J connectivity index is 2.34. The van der Waals surface area contributed by atoms with E-state index < -0.39 is 0 Å². The molecule has 2 aromatic rings. The molecule has 0 spiro atoms. The molecule has 0 saturated carbocycles. The molecular weight excluding hydrogens is 281 g/mol. The quantitative estimate of drug-likeness (QED) is 0.852. The van der Waals surface area contributed by atoms with Crippen molar-refractivity contribution < 1.29 is 0 Å². The second-order valence-electron chi connectivity index (χ2n) is 3.27. The molecule has 0 fully saturated rings. The summed E-state index contributed by atoms with van der Waals surface area (Å²) in [4.78, 5) is 2.36. The molecule has 0 aliphatic carbocycles. The fourth-order valence-electron chi connectivity index (χ4n) is 1.52. The molecule has 0 aliphatic heterocycles. The van der Waals surface area contributed by atoms with Gasteiger partial charge in [0.2, 0.25) is 0 Å². The molecule has 1 nitrogen and oxygen atoms in total. The zero-order valence-electron chi connectivity index (χ0n) is 8.67. The highest BCUT2D eigenvalue weighted by Gasteiger charge is 2.18. The lowest BCUT2D eigenvalue weighted by Gasteiger charge is -2.15. The Hall–Kier alpha value is -0.0600. The van der Waals surface area contributed by atoms with Crippen LogP contribution in [-0.2, 0) is 0 Å². The maximum absolute atomic E-state index is 6.17. The van der Waals surface area contributed by atoms with Crippen LogP contribution in [0.4, 0.5) is 0 Å². The van der Waals surface area contributed by atoms with Crippen LogP contribution in [0.2, 0.25) is 9.36 Å². The van der Waals surface area contributed by atoms with Crippen molar-refractivity contribution in [3.63, 3.8) is 0 Å². The lowest BCUT2D eigenvalue weighted by Crippen LogP contribution is -2.20. The number of hydrogen-bond acceptors (Lipinski definition) is 3. The normalized spacial score (nSPS) is 12.9. The predicted molar refractivity (Wildman–Crippen MR) is 74.2 cm³/mol. The van der Waals surface area contributed by atoms with Crippen molar-refractivity contribution in [1.82, 2.24) is 5.32 Å². The molecule has 1 N–H and O–H groups in total. The van der Waals surface area contributed by atoms with E-state index in [0.29, 0.717) is 0 Å². The highest BCUT2D eigenvalue weighted by Crippen LogP contribution is 2.36. The van der Waals surface area contributed by atoms with Gasteiger partial charge in [-0.2, -0.15) is 0 Å². The van der Waals surface area contributed by atoms with Gasteiger partial charge in [-0.1, -0.05) is 30.1 Å². The fraction of sp³-hybridized carbons (Fsp3) is 0.273. The van der Waals surface area contributed by atoms with E-state index in [1.54, 1.807) is 22.7 Å². The summed E-state index contributed by atoms with van der Waals surface area (Å²) in [6.07, 6.45) is 0. The van der Waals surface area contributed by atoms with Crippen LogP contribution < -0.4 is 5.32 Å². The lowest BCUT2D eigenvalue weighted by atomic mass is 10.2. The third-order valence-corrected chi connectivity index (χ3v) is 4.91. The summed E-state index contributed by atoms with van der Waals surface area (Å²) in [5, 5.41) is 6.26. The largest absolute Gasteiger partial charge is 0.305 e. The Morgan fingerprint density at radius 2 is 2.12 bits per heavy atom. The van der Waals surface area contributed by atoms with Crippen LogP contribution in [0, 0.1) is 0 Å². The van der Waals surface area contributed by atoms with Gasteiger partial charge in [-0.3, -0.25) is 0 Å². The first-order valence-corrected chi connectivity index (χ1v) is 7.39. The van der Waals surface area contributed by atoms with Crippen LogP contribution in [0.25, 0.3) is 0 Å². The molecule has 0 saturated heterocycles. The minimum atomic E-state index is 0.162. The molecule has 5 heteroatoms. The maximum Gasteiger partial charge on any atom is 0.0931 e. The smallest absolute Gasteiger partial charge is 0.0931 e. The summed E-state index contributed by atoms with van der Waals surface area (Å²) in [5.74, 6) is 0. The second kappa shape index (κ2) is 5.52. The Morgan fingerprint density at radius 1 is 1.31 bits per heavy atom. The number of nitrogens with one attached hydrogen (secondary N) is 1. The molecule has 2 rings (SSSR count). The van der Waals surface area contributed by atoms with Crippen LogP contribution in [0.5, 0.6) is 0 Å². The molecule has 0 aliphatic rings. The zero-order valence-corrected chi connectivity index (χ0v) is 11.8. The van der Waals surface area contributed by atoms with E-state index in [2.05, 4.69) is 18.3 Å². The van der Waals surface area contributed by atoms with Crippen LogP contribution >= 0.6 is 45.9 Å². The summed E-state index contributed by atoms with van der Waals surface area (Å²) in [7, 11) is 0. The van der Waals surface area contributed by atoms with E-state index in [9.17, 15) is 0 Å². The minimum Gasteiger partial charge on any atom is -0.305 e. The topological polar surface area (TPSA) is 12.0 Å². The number of halogens is 2. The zero-order chi connectivity index (χ0) is 11.5. The summed E-state index contributed by atoms with van der Waals surface area (Å²) >= 11 is 15.4. The van der Waals surface area contributed by atoms with Crippen LogP contribution in [0.15, 0.2) is 23.6 Å². The summed E-state index contributed by atoms with van der Waals surface area (Å²) in [6, 6.07) is 6.07. The van der Waals surface area contributed by atoms with Gasteiger partial charge in [-0.25, -0.2) is 0 Å². The van der Waals surface area contributed by atoms with Crippen molar-refractivity contribution in [2.24, 2.45) is 0 Å². The first-order chi connectivity index (χ1) is 7.72. The standard InChI is InChI=1S/C11H11Cl2NS2/c1-2-14-10(8-3-4-9(13)16-8)11-7(12)5-6-15-11/h3-6,10,14H,2H2,1H3. The van der Waals surface area contributed by atoms with Crippen molar-refractivity contribution in [2.75, 3.05) is 6.54 Å². The van der Waals surface area contributed by atoms with Gasteiger partial charge in [0.15, 0.2) is 0 Å². The monoisotopic (exact) mass is 291 g/mol. The fourth-order valence-corrected chi connectivity index (χ4v) is 4.00. The predicted octanol–water partition coefficient (Wildman–Crippen LogP) is 4.82. The average Bonchev–Trinajstić information content (AvgIpc) is 2.84. The maximum atomic E-state index is 6.17. The van der Waals surface area contributed by atoms with Crippen molar-refractivity contribution in [3.8, 4) is 0 Å². The van der Waals surface area contributed by atoms with Gasteiger partial charge in [0.1, 0.15) is 0 Å². The van der Waals surface area contributed by atoms with E-state index in [1.165, 1.54) is 4.88 Å². The Morgan fingerprint density at radius 3 is 2.62 bits per heavy atom.